The van der Waals surface area contributed by atoms with Gasteiger partial charge in [-0.3, -0.25) is 9.59 Å². The summed E-state index contributed by atoms with van der Waals surface area (Å²) in [4.78, 5) is 28.3. The van der Waals surface area contributed by atoms with Gasteiger partial charge in [0.2, 0.25) is 5.91 Å². The van der Waals surface area contributed by atoms with Crippen molar-refractivity contribution in [1.82, 2.24) is 5.01 Å². The maximum Gasteiger partial charge on any atom is 0.254 e. The number of hydrazine groups is 1. The van der Waals surface area contributed by atoms with Crippen LogP contribution in [0.4, 0.5) is 11.4 Å². The zero-order valence-corrected chi connectivity index (χ0v) is 22.3. The van der Waals surface area contributed by atoms with Crippen molar-refractivity contribution < 1.29 is 14.7 Å². The van der Waals surface area contributed by atoms with Gasteiger partial charge in [0.1, 0.15) is 6.04 Å². The maximum absolute atomic E-state index is 13.7. The van der Waals surface area contributed by atoms with Crippen LogP contribution in [0.25, 0.3) is 0 Å². The number of hydrogen-bond acceptors (Lipinski definition) is 5. The van der Waals surface area contributed by atoms with Crippen molar-refractivity contribution in [2.45, 2.75) is 82.9 Å². The monoisotopic (exact) mass is 523 g/mol. The lowest BCUT2D eigenvalue weighted by atomic mass is 9.91. The van der Waals surface area contributed by atoms with Crippen molar-refractivity contribution in [3.05, 3.63) is 71.8 Å². The second kappa shape index (κ2) is 13.2. The molecule has 1 saturated heterocycles. The highest BCUT2D eigenvalue weighted by molar-refractivity contribution is 6.30. The number of carbonyl (C=O) groups excluding carboxylic acids is 2. The minimum absolute atomic E-state index is 0.253. The summed E-state index contributed by atoms with van der Waals surface area (Å²) in [5.41, 5.74) is 4.62. The molecule has 2 heterocycles. The fourth-order valence-corrected chi connectivity index (χ4v) is 5.42. The number of unbranched alkanes of at least 4 members (excludes halogenated alkanes) is 7. The number of imide groups is 1. The van der Waals surface area contributed by atoms with E-state index in [1.165, 1.54) is 43.4 Å². The summed E-state index contributed by atoms with van der Waals surface area (Å²) >= 11 is 6.07. The summed E-state index contributed by atoms with van der Waals surface area (Å²) in [6.45, 7) is 2.22. The molecule has 2 unspecified atom stereocenters. The Balaban J connectivity index is 1.48. The van der Waals surface area contributed by atoms with Crippen LogP contribution < -0.4 is 10.3 Å². The molecule has 0 radical (unpaired) electrons. The predicted molar refractivity (Wildman–Crippen MR) is 149 cm³/mol. The third kappa shape index (κ3) is 6.61. The van der Waals surface area contributed by atoms with E-state index in [1.54, 1.807) is 35.4 Å². The summed E-state index contributed by atoms with van der Waals surface area (Å²) in [5.74, 6) is -1.17. The SMILES string of the molecule is CCCCCCCCCC[C@H](O)C1C=CC2C(=O)N(c3ccccc3)C(=O)[C@H]2N1Nc1ccc(Cl)cc1. The summed E-state index contributed by atoms with van der Waals surface area (Å²) in [6.07, 6.45) is 13.2. The number of rotatable bonds is 13. The molecule has 2 aliphatic rings. The lowest BCUT2D eigenvalue weighted by Crippen LogP contribution is -2.57. The van der Waals surface area contributed by atoms with E-state index < -0.39 is 24.1 Å². The quantitative estimate of drug-likeness (QED) is 0.182. The first-order valence-electron chi connectivity index (χ1n) is 13.6. The Morgan fingerprint density at radius 1 is 0.865 bits per heavy atom. The van der Waals surface area contributed by atoms with Crippen LogP contribution in [0.3, 0.4) is 0 Å². The molecule has 0 bridgehead atoms. The number of fused-ring (bicyclic) bond motifs is 1. The molecular formula is C30H38ClN3O3. The Labute approximate surface area is 225 Å². The Bertz CT molecular complexity index is 1060. The van der Waals surface area contributed by atoms with Crippen molar-refractivity contribution >= 4 is 34.8 Å². The predicted octanol–water partition coefficient (Wildman–Crippen LogP) is 6.36. The van der Waals surface area contributed by atoms with Crippen LogP contribution in [0.2, 0.25) is 5.02 Å². The molecule has 6 nitrogen and oxygen atoms in total. The van der Waals surface area contributed by atoms with Crippen molar-refractivity contribution in [1.29, 1.82) is 0 Å². The average molecular weight is 524 g/mol. The van der Waals surface area contributed by atoms with Crippen molar-refractivity contribution in [3.8, 4) is 0 Å². The van der Waals surface area contributed by atoms with Crippen molar-refractivity contribution in [2.24, 2.45) is 5.92 Å². The van der Waals surface area contributed by atoms with Gasteiger partial charge in [-0.1, -0.05) is 100 Å². The normalized spacial score (nSPS) is 22.4. The number of hydrogen-bond donors (Lipinski definition) is 2. The molecule has 198 valence electrons. The van der Waals surface area contributed by atoms with Gasteiger partial charge in [-0.05, 0) is 42.8 Å². The van der Waals surface area contributed by atoms with E-state index in [9.17, 15) is 14.7 Å². The van der Waals surface area contributed by atoms with Crippen LogP contribution in [-0.4, -0.2) is 40.1 Å². The number of para-hydroxylation sites is 1. The second-order valence-corrected chi connectivity index (χ2v) is 10.5. The van der Waals surface area contributed by atoms with E-state index in [0.29, 0.717) is 17.1 Å². The van der Waals surface area contributed by atoms with Crippen LogP contribution in [0.1, 0.15) is 64.7 Å². The summed E-state index contributed by atoms with van der Waals surface area (Å²) in [6, 6.07) is 15.0. The smallest absolute Gasteiger partial charge is 0.254 e. The first kappa shape index (κ1) is 27.4. The number of halogens is 1. The van der Waals surface area contributed by atoms with Crippen molar-refractivity contribution in [3.63, 3.8) is 0 Å². The molecule has 4 rings (SSSR count). The molecule has 1 fully saturated rings. The first-order valence-corrected chi connectivity index (χ1v) is 14.0. The summed E-state index contributed by atoms with van der Waals surface area (Å²) < 4.78 is 0. The highest BCUT2D eigenvalue weighted by atomic mass is 35.5. The molecular weight excluding hydrogens is 486 g/mol. The minimum Gasteiger partial charge on any atom is -0.391 e. The highest BCUT2D eigenvalue weighted by Crippen LogP contribution is 2.36. The van der Waals surface area contributed by atoms with E-state index in [4.69, 9.17) is 11.6 Å². The van der Waals surface area contributed by atoms with Gasteiger partial charge in [0.15, 0.2) is 0 Å². The Hall–Kier alpha value is -2.67. The molecule has 37 heavy (non-hydrogen) atoms. The molecule has 0 aromatic heterocycles. The first-order chi connectivity index (χ1) is 18.0. The van der Waals surface area contributed by atoms with Crippen molar-refractivity contribution in [2.75, 3.05) is 10.3 Å². The summed E-state index contributed by atoms with van der Waals surface area (Å²) in [5, 5.41) is 13.6. The molecule has 2 amide bonds. The third-order valence-electron chi connectivity index (χ3n) is 7.32. The number of nitrogens with one attached hydrogen (secondary N) is 1. The Morgan fingerprint density at radius 2 is 1.51 bits per heavy atom. The fraction of sp³-hybridized carbons (Fsp3) is 0.467. The van der Waals surface area contributed by atoms with Gasteiger partial charge in [-0.25, -0.2) is 9.91 Å². The van der Waals surface area contributed by atoms with Crippen LogP contribution in [0.15, 0.2) is 66.7 Å². The number of anilines is 2. The van der Waals surface area contributed by atoms with E-state index in [-0.39, 0.29) is 11.8 Å². The molecule has 2 aromatic rings. The van der Waals surface area contributed by atoms with Crippen LogP contribution in [-0.2, 0) is 9.59 Å². The van der Waals surface area contributed by atoms with Gasteiger partial charge in [0.25, 0.3) is 5.91 Å². The number of carbonyl (C=O) groups is 2. The molecule has 4 atom stereocenters. The number of amides is 2. The van der Waals surface area contributed by atoms with Crippen LogP contribution in [0, 0.1) is 5.92 Å². The number of nitrogens with zero attached hydrogens (tertiary/aromatic N) is 2. The van der Waals surface area contributed by atoms with E-state index in [0.717, 1.165) is 18.5 Å². The van der Waals surface area contributed by atoms with Gasteiger partial charge >= 0.3 is 0 Å². The second-order valence-electron chi connectivity index (χ2n) is 10.1. The fourth-order valence-electron chi connectivity index (χ4n) is 5.29. The number of aliphatic hydroxyl groups excluding tert-OH is 1. The van der Waals surface area contributed by atoms with Gasteiger partial charge in [0.05, 0.1) is 23.8 Å². The number of benzene rings is 2. The molecule has 0 spiro atoms. The third-order valence-corrected chi connectivity index (χ3v) is 7.57. The largest absolute Gasteiger partial charge is 0.391 e. The Morgan fingerprint density at radius 3 is 2.19 bits per heavy atom. The minimum atomic E-state index is -0.758. The Kier molecular flexibility index (Phi) is 9.78. The van der Waals surface area contributed by atoms with Gasteiger partial charge < -0.3 is 10.5 Å². The molecule has 2 aromatic carbocycles. The molecule has 0 aliphatic carbocycles. The molecule has 0 saturated carbocycles. The van der Waals surface area contributed by atoms with Gasteiger partial charge in [-0.2, -0.15) is 0 Å². The standard InChI is InChI=1S/C30H38ClN3O3/c1-2-3-4-5-6-7-8-12-15-27(35)26-21-20-25-28(34(26)32-23-18-16-22(31)17-19-23)30(37)33(29(25)36)24-13-10-9-11-14-24/h9-11,13-14,16-21,25-28,32,35H,2-8,12,15H2,1H3/t25?,26?,27-,28-/m0/s1. The lowest BCUT2D eigenvalue weighted by molar-refractivity contribution is -0.123. The van der Waals surface area contributed by atoms with E-state index in [2.05, 4.69) is 12.3 Å². The van der Waals surface area contributed by atoms with Crippen LogP contribution >= 0.6 is 11.6 Å². The maximum atomic E-state index is 13.7. The van der Waals surface area contributed by atoms with E-state index >= 15 is 0 Å². The average Bonchev–Trinajstić information content (AvgIpc) is 3.17. The van der Waals surface area contributed by atoms with Crippen LogP contribution in [0.5, 0.6) is 0 Å². The number of aliphatic hydroxyl groups is 1. The zero-order valence-electron chi connectivity index (χ0n) is 21.6. The van der Waals surface area contributed by atoms with Gasteiger partial charge in [0, 0.05) is 10.7 Å². The highest BCUT2D eigenvalue weighted by Gasteiger charge is 2.53. The van der Waals surface area contributed by atoms with Gasteiger partial charge in [-0.15, -0.1) is 0 Å². The topological polar surface area (TPSA) is 72.9 Å². The zero-order chi connectivity index (χ0) is 26.2. The van der Waals surface area contributed by atoms with E-state index in [1.807, 2.05) is 36.4 Å². The molecule has 7 heteroatoms. The molecule has 2 N–H and O–H groups in total. The molecule has 2 aliphatic heterocycles. The summed E-state index contributed by atoms with van der Waals surface area (Å²) in [7, 11) is 0. The lowest BCUT2D eigenvalue weighted by Gasteiger charge is -2.40.